The Balaban J connectivity index is 1.44. The van der Waals surface area contributed by atoms with E-state index in [0.717, 1.165) is 23.3 Å². The minimum Gasteiger partial charge on any atom is -0.435 e. The number of hydrogen-bond acceptors (Lipinski definition) is 2. The van der Waals surface area contributed by atoms with E-state index in [1.165, 1.54) is 18.2 Å². The van der Waals surface area contributed by atoms with Crippen molar-refractivity contribution in [2.24, 2.45) is 0 Å². The van der Waals surface area contributed by atoms with Crippen molar-refractivity contribution in [3.63, 3.8) is 0 Å². The summed E-state index contributed by atoms with van der Waals surface area (Å²) in [7, 11) is 0. The molecule has 150 valence electrons. The third-order valence-electron chi connectivity index (χ3n) is 4.80. The first-order chi connectivity index (χ1) is 13.5. The normalized spacial score (nSPS) is 14.7. The van der Waals surface area contributed by atoms with Crippen LogP contribution in [-0.2, 0) is 17.8 Å². The summed E-state index contributed by atoms with van der Waals surface area (Å²) in [5.74, 6) is -0.198. The first-order valence-corrected chi connectivity index (χ1v) is 9.39. The van der Waals surface area contributed by atoms with Gasteiger partial charge in [0.25, 0.3) is 5.91 Å². The molecule has 3 rings (SSSR count). The lowest BCUT2D eigenvalue weighted by Crippen LogP contribution is -3.13. The summed E-state index contributed by atoms with van der Waals surface area (Å²) < 4.78 is 42.5. The van der Waals surface area contributed by atoms with Crippen molar-refractivity contribution in [3.8, 4) is 5.75 Å². The van der Waals surface area contributed by atoms with Crippen LogP contribution in [0.5, 0.6) is 5.75 Å². The molecule has 1 unspecified atom stereocenters. The Bertz CT molecular complexity index is 779. The summed E-state index contributed by atoms with van der Waals surface area (Å²) in [4.78, 5) is 13.4. The zero-order valence-electron chi connectivity index (χ0n) is 15.5. The SMILES string of the molecule is O=C(C[NH+](Cc1ccccc1F)C1CC1)NCCc1ccc(OC(F)F)cc1. The topological polar surface area (TPSA) is 42.8 Å². The van der Waals surface area contributed by atoms with Gasteiger partial charge in [0, 0.05) is 24.9 Å². The van der Waals surface area contributed by atoms with E-state index in [9.17, 15) is 18.0 Å². The van der Waals surface area contributed by atoms with Gasteiger partial charge >= 0.3 is 6.61 Å². The summed E-state index contributed by atoms with van der Waals surface area (Å²) in [5.41, 5.74) is 1.54. The molecule has 4 nitrogen and oxygen atoms in total. The molecule has 7 heteroatoms. The molecule has 0 heterocycles. The highest BCUT2D eigenvalue weighted by Crippen LogP contribution is 2.16. The number of carbonyl (C=O) groups excluding carboxylic acids is 1. The Morgan fingerprint density at radius 2 is 1.86 bits per heavy atom. The Morgan fingerprint density at radius 3 is 2.50 bits per heavy atom. The predicted octanol–water partition coefficient (Wildman–Crippen LogP) is 2.33. The quantitative estimate of drug-likeness (QED) is 0.651. The molecule has 0 aromatic heterocycles. The average molecular weight is 393 g/mol. The zero-order valence-corrected chi connectivity index (χ0v) is 15.5. The highest BCUT2D eigenvalue weighted by Gasteiger charge is 2.34. The van der Waals surface area contributed by atoms with Gasteiger partial charge in [-0.1, -0.05) is 30.3 Å². The van der Waals surface area contributed by atoms with Gasteiger partial charge in [0.2, 0.25) is 0 Å². The summed E-state index contributed by atoms with van der Waals surface area (Å²) >= 11 is 0. The van der Waals surface area contributed by atoms with Crippen molar-refractivity contribution in [1.29, 1.82) is 0 Å². The molecular formula is C21H24F3N2O2+. The number of carbonyl (C=O) groups is 1. The maximum atomic E-state index is 13.9. The van der Waals surface area contributed by atoms with Crippen molar-refractivity contribution in [2.45, 2.75) is 38.5 Å². The Labute approximate surface area is 162 Å². The van der Waals surface area contributed by atoms with Crippen molar-refractivity contribution in [1.82, 2.24) is 5.32 Å². The minimum absolute atomic E-state index is 0.0732. The van der Waals surface area contributed by atoms with E-state index in [-0.39, 0.29) is 17.5 Å². The van der Waals surface area contributed by atoms with Gasteiger partial charge in [-0.3, -0.25) is 4.79 Å². The molecular weight excluding hydrogens is 369 g/mol. The van der Waals surface area contributed by atoms with E-state index in [1.54, 1.807) is 30.3 Å². The van der Waals surface area contributed by atoms with Crippen molar-refractivity contribution < 1.29 is 27.6 Å². The van der Waals surface area contributed by atoms with Gasteiger partial charge in [-0.15, -0.1) is 0 Å². The van der Waals surface area contributed by atoms with Crippen LogP contribution in [-0.4, -0.2) is 31.7 Å². The Hall–Kier alpha value is -2.54. The summed E-state index contributed by atoms with van der Waals surface area (Å²) in [6.07, 6.45) is 2.71. The molecule has 28 heavy (non-hydrogen) atoms. The molecule has 0 radical (unpaired) electrons. The van der Waals surface area contributed by atoms with Gasteiger partial charge in [-0.25, -0.2) is 4.39 Å². The highest BCUT2D eigenvalue weighted by atomic mass is 19.3. The van der Waals surface area contributed by atoms with E-state index in [0.29, 0.717) is 37.7 Å². The summed E-state index contributed by atoms with van der Waals surface area (Å²) in [5, 5.41) is 2.89. The second-order valence-electron chi connectivity index (χ2n) is 7.00. The molecule has 0 saturated heterocycles. The third-order valence-corrected chi connectivity index (χ3v) is 4.80. The number of ether oxygens (including phenoxy) is 1. The van der Waals surface area contributed by atoms with Gasteiger partial charge < -0.3 is 15.0 Å². The fraction of sp³-hybridized carbons (Fsp3) is 0.381. The number of alkyl halides is 2. The molecule has 1 atom stereocenters. The van der Waals surface area contributed by atoms with Gasteiger partial charge in [0.1, 0.15) is 18.1 Å². The van der Waals surface area contributed by atoms with Crippen LogP contribution in [0.25, 0.3) is 0 Å². The highest BCUT2D eigenvalue weighted by molar-refractivity contribution is 5.76. The Morgan fingerprint density at radius 1 is 1.14 bits per heavy atom. The molecule has 1 aliphatic carbocycles. The Kier molecular flexibility index (Phi) is 6.92. The van der Waals surface area contributed by atoms with Gasteiger partial charge in [0.05, 0.1) is 6.04 Å². The molecule has 1 amide bonds. The van der Waals surface area contributed by atoms with Crippen LogP contribution < -0.4 is 15.0 Å². The fourth-order valence-electron chi connectivity index (χ4n) is 3.18. The van der Waals surface area contributed by atoms with Gasteiger partial charge in [-0.2, -0.15) is 8.78 Å². The van der Waals surface area contributed by atoms with Crippen molar-refractivity contribution in [3.05, 3.63) is 65.5 Å². The molecule has 0 bridgehead atoms. The number of hydrogen-bond donors (Lipinski definition) is 2. The number of amides is 1. The number of benzene rings is 2. The van der Waals surface area contributed by atoms with Crippen LogP contribution in [0.15, 0.2) is 48.5 Å². The van der Waals surface area contributed by atoms with Crippen LogP contribution in [0.4, 0.5) is 13.2 Å². The zero-order chi connectivity index (χ0) is 19.9. The molecule has 1 aliphatic rings. The number of rotatable bonds is 10. The lowest BCUT2D eigenvalue weighted by molar-refractivity contribution is -0.917. The number of nitrogens with one attached hydrogen (secondary N) is 2. The van der Waals surface area contributed by atoms with E-state index in [2.05, 4.69) is 10.1 Å². The first kappa shape index (κ1) is 20.2. The monoisotopic (exact) mass is 393 g/mol. The maximum absolute atomic E-state index is 13.9. The standard InChI is InChI=1S/C21H23F3N2O2/c22-19-4-2-1-3-16(19)13-26(17-7-8-17)14-20(27)25-12-11-15-5-9-18(10-6-15)28-21(23)24/h1-6,9-10,17,21H,7-8,11-14H2,(H,25,27)/p+1. The molecule has 0 aliphatic heterocycles. The fourth-order valence-corrected chi connectivity index (χ4v) is 3.18. The van der Waals surface area contributed by atoms with Crippen LogP contribution in [0.3, 0.4) is 0 Å². The molecule has 2 aromatic carbocycles. The number of halogens is 3. The van der Waals surface area contributed by atoms with Crippen molar-refractivity contribution in [2.75, 3.05) is 13.1 Å². The largest absolute Gasteiger partial charge is 0.435 e. The number of quaternary nitrogens is 1. The van der Waals surface area contributed by atoms with Gasteiger partial charge in [0.15, 0.2) is 6.54 Å². The van der Waals surface area contributed by atoms with E-state index in [1.807, 2.05) is 0 Å². The average Bonchev–Trinajstić information content (AvgIpc) is 3.49. The second kappa shape index (κ2) is 9.59. The van der Waals surface area contributed by atoms with Crippen LogP contribution in [0, 0.1) is 5.82 Å². The smallest absolute Gasteiger partial charge is 0.387 e. The van der Waals surface area contributed by atoms with Gasteiger partial charge in [-0.05, 0) is 30.2 Å². The van der Waals surface area contributed by atoms with Crippen LogP contribution >= 0.6 is 0 Å². The van der Waals surface area contributed by atoms with Crippen LogP contribution in [0.1, 0.15) is 24.0 Å². The van der Waals surface area contributed by atoms with Crippen LogP contribution in [0.2, 0.25) is 0 Å². The lowest BCUT2D eigenvalue weighted by Gasteiger charge is -2.19. The van der Waals surface area contributed by atoms with E-state index >= 15 is 0 Å². The molecule has 2 aromatic rings. The van der Waals surface area contributed by atoms with E-state index < -0.39 is 6.61 Å². The first-order valence-electron chi connectivity index (χ1n) is 9.39. The lowest BCUT2D eigenvalue weighted by atomic mass is 10.1. The molecule has 1 saturated carbocycles. The second-order valence-corrected chi connectivity index (χ2v) is 7.00. The van der Waals surface area contributed by atoms with E-state index in [4.69, 9.17) is 0 Å². The predicted molar refractivity (Wildman–Crippen MR) is 98.7 cm³/mol. The summed E-state index contributed by atoms with van der Waals surface area (Å²) in [6.45, 7) is -1.59. The summed E-state index contributed by atoms with van der Waals surface area (Å²) in [6, 6.07) is 13.4. The molecule has 1 fully saturated rings. The molecule has 2 N–H and O–H groups in total. The third kappa shape index (κ3) is 6.27. The minimum atomic E-state index is -2.84. The van der Waals surface area contributed by atoms with Crippen molar-refractivity contribution >= 4 is 5.91 Å². The maximum Gasteiger partial charge on any atom is 0.387 e. The molecule has 0 spiro atoms.